The third-order valence-corrected chi connectivity index (χ3v) is 6.44. The molecule has 0 aliphatic heterocycles. The molecule has 0 spiro atoms. The van der Waals surface area contributed by atoms with Crippen molar-refractivity contribution in [2.45, 2.75) is 58.5 Å². The summed E-state index contributed by atoms with van der Waals surface area (Å²) in [4.78, 5) is 2.45. The maximum absolute atomic E-state index is 10.2. The lowest BCUT2D eigenvalue weighted by Crippen LogP contribution is -2.37. The molecule has 0 saturated carbocycles. The average Bonchev–Trinajstić information content (AvgIpc) is 2.68. The van der Waals surface area contributed by atoms with Crippen LogP contribution in [-0.4, -0.2) is 17.5 Å². The maximum atomic E-state index is 10.2. The Morgan fingerprint density at radius 2 is 1.61 bits per heavy atom. The minimum Gasteiger partial charge on any atom is -0.297 e. The summed E-state index contributed by atoms with van der Waals surface area (Å²) in [7, 11) is 0. The SMILES string of the molecule is CCN(Cc1ccccc1)C(C)CCC(C#N)(c1c(Cl)cccc1Cl)C(C)C. The van der Waals surface area contributed by atoms with E-state index < -0.39 is 5.41 Å². The van der Waals surface area contributed by atoms with E-state index in [1.54, 1.807) is 0 Å². The summed E-state index contributed by atoms with van der Waals surface area (Å²) in [5.74, 6) is 0.103. The van der Waals surface area contributed by atoms with Crippen molar-refractivity contribution in [3.8, 4) is 6.07 Å². The van der Waals surface area contributed by atoms with E-state index in [4.69, 9.17) is 23.2 Å². The van der Waals surface area contributed by atoms with Crippen LogP contribution in [0, 0.1) is 17.2 Å². The summed E-state index contributed by atoms with van der Waals surface area (Å²) in [5, 5.41) is 11.4. The molecule has 2 aromatic carbocycles. The molecular weight excluding hydrogens is 387 g/mol. The lowest BCUT2D eigenvalue weighted by atomic mass is 9.69. The standard InChI is InChI=1S/C24H30Cl2N2/c1-5-28(16-20-10-7-6-8-11-20)19(4)14-15-24(17-27,18(2)3)23-21(25)12-9-13-22(23)26/h6-13,18-19H,5,14-16H2,1-4H3. The van der Waals surface area contributed by atoms with E-state index in [0.717, 1.165) is 31.5 Å². The van der Waals surface area contributed by atoms with Gasteiger partial charge >= 0.3 is 0 Å². The number of hydrogen-bond acceptors (Lipinski definition) is 2. The number of rotatable bonds is 9. The molecule has 0 N–H and O–H groups in total. The second-order valence-corrected chi connectivity index (χ2v) is 8.59. The number of nitriles is 1. The Balaban J connectivity index is 2.22. The second-order valence-electron chi connectivity index (χ2n) is 7.77. The average molecular weight is 417 g/mol. The van der Waals surface area contributed by atoms with Crippen molar-refractivity contribution < 1.29 is 0 Å². The molecule has 2 unspecified atom stereocenters. The minimum absolute atomic E-state index is 0.103. The van der Waals surface area contributed by atoms with Gasteiger partial charge in [-0.25, -0.2) is 0 Å². The Morgan fingerprint density at radius 3 is 2.11 bits per heavy atom. The first-order valence-corrected chi connectivity index (χ1v) is 10.7. The zero-order valence-corrected chi connectivity index (χ0v) is 18.8. The molecule has 2 rings (SSSR count). The van der Waals surface area contributed by atoms with Crippen LogP contribution in [0.1, 0.15) is 51.7 Å². The number of hydrogen-bond donors (Lipinski definition) is 0. The van der Waals surface area contributed by atoms with Gasteiger partial charge in [0.1, 0.15) is 0 Å². The van der Waals surface area contributed by atoms with Gasteiger partial charge in [0.25, 0.3) is 0 Å². The molecule has 2 nitrogen and oxygen atoms in total. The zero-order valence-electron chi connectivity index (χ0n) is 17.3. The molecule has 0 aliphatic rings. The highest BCUT2D eigenvalue weighted by Gasteiger charge is 2.39. The fourth-order valence-corrected chi connectivity index (χ4v) is 4.62. The van der Waals surface area contributed by atoms with E-state index in [0.29, 0.717) is 16.1 Å². The summed E-state index contributed by atoms with van der Waals surface area (Å²) in [6.07, 6.45) is 1.62. The van der Waals surface area contributed by atoms with E-state index in [1.165, 1.54) is 5.56 Å². The van der Waals surface area contributed by atoms with Crippen molar-refractivity contribution in [3.05, 3.63) is 69.7 Å². The molecule has 4 heteroatoms. The van der Waals surface area contributed by atoms with Gasteiger partial charge in [0.15, 0.2) is 0 Å². The molecule has 2 atom stereocenters. The van der Waals surface area contributed by atoms with Gasteiger partial charge in [0.05, 0.1) is 11.5 Å². The minimum atomic E-state index is -0.699. The van der Waals surface area contributed by atoms with Crippen LogP contribution in [0.5, 0.6) is 0 Å². The Hall–Kier alpha value is -1.53. The zero-order chi connectivity index (χ0) is 20.7. The van der Waals surface area contributed by atoms with Crippen LogP contribution in [0.15, 0.2) is 48.5 Å². The Labute approximate surface area is 180 Å². The third-order valence-electron chi connectivity index (χ3n) is 5.81. The van der Waals surface area contributed by atoms with Gasteiger partial charge in [0, 0.05) is 28.2 Å². The lowest BCUT2D eigenvalue weighted by Gasteiger charge is -2.36. The van der Waals surface area contributed by atoms with Gasteiger partial charge in [0.2, 0.25) is 0 Å². The van der Waals surface area contributed by atoms with Crippen molar-refractivity contribution in [3.63, 3.8) is 0 Å². The predicted molar refractivity (Wildman–Crippen MR) is 120 cm³/mol. The molecule has 0 heterocycles. The number of halogens is 2. The molecule has 0 amide bonds. The van der Waals surface area contributed by atoms with Gasteiger partial charge in [-0.3, -0.25) is 4.90 Å². The Kier molecular flexibility index (Phi) is 8.38. The lowest BCUT2D eigenvalue weighted by molar-refractivity contribution is 0.186. The smallest absolute Gasteiger partial charge is 0.0874 e. The molecule has 0 radical (unpaired) electrons. The van der Waals surface area contributed by atoms with Crippen molar-refractivity contribution in [2.24, 2.45) is 5.92 Å². The van der Waals surface area contributed by atoms with Crippen LogP contribution in [0.3, 0.4) is 0 Å². The summed E-state index contributed by atoms with van der Waals surface area (Å²) in [6, 6.07) is 18.9. The third kappa shape index (κ3) is 5.09. The molecule has 0 bridgehead atoms. The van der Waals surface area contributed by atoms with Crippen LogP contribution in [0.2, 0.25) is 10.0 Å². The van der Waals surface area contributed by atoms with E-state index in [2.05, 4.69) is 62.9 Å². The fraction of sp³-hybridized carbons (Fsp3) is 0.458. The monoisotopic (exact) mass is 416 g/mol. The van der Waals surface area contributed by atoms with Crippen molar-refractivity contribution >= 4 is 23.2 Å². The van der Waals surface area contributed by atoms with Crippen LogP contribution < -0.4 is 0 Å². The first-order valence-electron chi connectivity index (χ1n) is 9.99. The predicted octanol–water partition coefficient (Wildman–Crippen LogP) is 7.10. The van der Waals surface area contributed by atoms with E-state index >= 15 is 0 Å². The molecule has 0 aromatic heterocycles. The highest BCUT2D eigenvalue weighted by molar-refractivity contribution is 6.36. The van der Waals surface area contributed by atoms with E-state index in [-0.39, 0.29) is 5.92 Å². The van der Waals surface area contributed by atoms with Gasteiger partial charge in [-0.2, -0.15) is 5.26 Å². The summed E-state index contributed by atoms with van der Waals surface area (Å²) < 4.78 is 0. The van der Waals surface area contributed by atoms with E-state index in [9.17, 15) is 5.26 Å². The van der Waals surface area contributed by atoms with E-state index in [1.807, 2.05) is 24.3 Å². The largest absolute Gasteiger partial charge is 0.297 e. The molecular formula is C24H30Cl2N2. The van der Waals surface area contributed by atoms with Gasteiger partial charge < -0.3 is 0 Å². The van der Waals surface area contributed by atoms with Gasteiger partial charge in [-0.15, -0.1) is 0 Å². The summed E-state index contributed by atoms with van der Waals surface area (Å²) in [6.45, 7) is 10.5. The molecule has 0 aliphatic carbocycles. The molecule has 150 valence electrons. The summed E-state index contributed by atoms with van der Waals surface area (Å²) in [5.41, 5.74) is 1.38. The van der Waals surface area contributed by atoms with Gasteiger partial charge in [-0.1, -0.05) is 80.4 Å². The summed E-state index contributed by atoms with van der Waals surface area (Å²) >= 11 is 13.0. The van der Waals surface area contributed by atoms with Crippen molar-refractivity contribution in [1.29, 1.82) is 5.26 Å². The number of nitrogens with zero attached hydrogens (tertiary/aromatic N) is 2. The first-order chi connectivity index (χ1) is 13.4. The Bertz CT molecular complexity index is 778. The maximum Gasteiger partial charge on any atom is 0.0874 e. The van der Waals surface area contributed by atoms with Crippen molar-refractivity contribution in [1.82, 2.24) is 4.90 Å². The highest BCUT2D eigenvalue weighted by Crippen LogP contribution is 2.44. The molecule has 0 saturated heterocycles. The first kappa shape index (κ1) is 22.8. The molecule has 0 fully saturated rings. The Morgan fingerprint density at radius 1 is 1.00 bits per heavy atom. The molecule has 2 aromatic rings. The van der Waals surface area contributed by atoms with Crippen LogP contribution in [0.25, 0.3) is 0 Å². The van der Waals surface area contributed by atoms with Crippen LogP contribution in [-0.2, 0) is 12.0 Å². The normalized spacial score (nSPS) is 14.7. The fourth-order valence-electron chi connectivity index (χ4n) is 3.88. The second kappa shape index (κ2) is 10.3. The number of benzene rings is 2. The van der Waals surface area contributed by atoms with Crippen LogP contribution in [0.4, 0.5) is 0 Å². The van der Waals surface area contributed by atoms with Crippen molar-refractivity contribution in [2.75, 3.05) is 6.54 Å². The molecule has 28 heavy (non-hydrogen) atoms. The highest BCUT2D eigenvalue weighted by atomic mass is 35.5. The van der Waals surface area contributed by atoms with Crippen LogP contribution >= 0.6 is 23.2 Å². The topological polar surface area (TPSA) is 27.0 Å². The van der Waals surface area contributed by atoms with Gasteiger partial charge in [-0.05, 0) is 49.9 Å². The quantitative estimate of drug-likeness (QED) is 0.435.